The monoisotopic (exact) mass is 397 g/mol. The number of anilines is 3. The lowest BCUT2D eigenvalue weighted by atomic mass is 10.2. The van der Waals surface area contributed by atoms with Crippen molar-refractivity contribution in [1.29, 1.82) is 0 Å². The highest BCUT2D eigenvalue weighted by atomic mass is 32.2. The molecule has 138 valence electrons. The number of carbonyl (C=O) groups is 2. The van der Waals surface area contributed by atoms with Crippen LogP contribution in [0.2, 0.25) is 0 Å². The maximum atomic E-state index is 12.8. The van der Waals surface area contributed by atoms with Gasteiger partial charge in [-0.1, -0.05) is 36.1 Å². The fraction of sp³-hybridized carbons (Fsp3) is 0.150. The van der Waals surface area contributed by atoms with E-state index in [1.807, 2.05) is 49.3 Å². The SMILES string of the molecule is CC(=O)Nc1ccc(N2C(=O)/C(=C/c3ccc(N(C)C)cc3)SC2=S)cc1. The highest BCUT2D eigenvalue weighted by Gasteiger charge is 2.33. The summed E-state index contributed by atoms with van der Waals surface area (Å²) in [5, 5.41) is 2.70. The standard InChI is InChI=1S/C20H19N3O2S2/c1-13(24)21-15-6-10-17(11-7-15)23-19(25)18(27-20(23)26)12-14-4-8-16(9-5-14)22(2)3/h4-12H,1-3H3,(H,21,24)/b18-12-. The number of nitrogens with zero attached hydrogens (tertiary/aromatic N) is 2. The summed E-state index contributed by atoms with van der Waals surface area (Å²) in [6, 6.07) is 15.0. The van der Waals surface area contributed by atoms with E-state index in [0.717, 1.165) is 11.3 Å². The molecule has 5 nitrogen and oxygen atoms in total. The van der Waals surface area contributed by atoms with E-state index in [0.29, 0.717) is 20.6 Å². The van der Waals surface area contributed by atoms with E-state index >= 15 is 0 Å². The van der Waals surface area contributed by atoms with E-state index in [4.69, 9.17) is 12.2 Å². The van der Waals surface area contributed by atoms with Crippen LogP contribution in [0.4, 0.5) is 17.1 Å². The summed E-state index contributed by atoms with van der Waals surface area (Å²) < 4.78 is 0.489. The summed E-state index contributed by atoms with van der Waals surface area (Å²) >= 11 is 6.69. The number of nitrogens with one attached hydrogen (secondary N) is 1. The molecule has 0 saturated carbocycles. The Morgan fingerprint density at radius 3 is 2.30 bits per heavy atom. The normalized spacial score (nSPS) is 15.4. The van der Waals surface area contributed by atoms with Gasteiger partial charge in [0.2, 0.25) is 5.91 Å². The summed E-state index contributed by atoms with van der Waals surface area (Å²) in [5.74, 6) is -0.287. The summed E-state index contributed by atoms with van der Waals surface area (Å²) in [6.45, 7) is 1.45. The molecule has 0 atom stereocenters. The third-order valence-corrected chi connectivity index (χ3v) is 5.25. The van der Waals surface area contributed by atoms with Gasteiger partial charge in [-0.15, -0.1) is 0 Å². The van der Waals surface area contributed by atoms with Gasteiger partial charge in [-0.25, -0.2) is 0 Å². The number of thiocarbonyl (C=S) groups is 1. The number of benzene rings is 2. The molecule has 27 heavy (non-hydrogen) atoms. The topological polar surface area (TPSA) is 52.7 Å². The maximum Gasteiger partial charge on any atom is 0.270 e. The molecule has 2 aromatic rings. The maximum absolute atomic E-state index is 12.8. The molecule has 0 aromatic heterocycles. The van der Waals surface area contributed by atoms with Crippen LogP contribution in [0.3, 0.4) is 0 Å². The van der Waals surface area contributed by atoms with Crippen LogP contribution in [-0.4, -0.2) is 30.2 Å². The van der Waals surface area contributed by atoms with Crippen LogP contribution in [0.5, 0.6) is 0 Å². The van der Waals surface area contributed by atoms with E-state index < -0.39 is 0 Å². The molecule has 2 amide bonds. The average molecular weight is 398 g/mol. The minimum absolute atomic E-state index is 0.142. The molecular formula is C20H19N3O2S2. The molecular weight excluding hydrogens is 378 g/mol. The van der Waals surface area contributed by atoms with Crippen molar-refractivity contribution >= 4 is 63.3 Å². The van der Waals surface area contributed by atoms with E-state index in [9.17, 15) is 9.59 Å². The molecule has 0 radical (unpaired) electrons. The number of rotatable bonds is 4. The lowest BCUT2D eigenvalue weighted by Gasteiger charge is -2.15. The van der Waals surface area contributed by atoms with Gasteiger partial charge in [0.25, 0.3) is 5.91 Å². The van der Waals surface area contributed by atoms with Crippen LogP contribution >= 0.6 is 24.0 Å². The third-order valence-electron chi connectivity index (χ3n) is 3.95. The highest BCUT2D eigenvalue weighted by molar-refractivity contribution is 8.27. The molecule has 0 bridgehead atoms. The quantitative estimate of drug-likeness (QED) is 0.621. The second kappa shape index (κ2) is 7.94. The van der Waals surface area contributed by atoms with Gasteiger partial charge < -0.3 is 10.2 Å². The Bertz CT molecular complexity index is 919. The summed E-state index contributed by atoms with van der Waals surface area (Å²) in [7, 11) is 3.97. The molecule has 7 heteroatoms. The molecule has 0 spiro atoms. The fourth-order valence-electron chi connectivity index (χ4n) is 2.61. The van der Waals surface area contributed by atoms with E-state index in [-0.39, 0.29) is 11.8 Å². The van der Waals surface area contributed by atoms with Crippen molar-refractivity contribution in [3.8, 4) is 0 Å². The van der Waals surface area contributed by atoms with Gasteiger partial charge in [-0.2, -0.15) is 0 Å². The zero-order valence-electron chi connectivity index (χ0n) is 15.2. The highest BCUT2D eigenvalue weighted by Crippen LogP contribution is 2.36. The van der Waals surface area contributed by atoms with E-state index in [2.05, 4.69) is 5.32 Å². The van der Waals surface area contributed by atoms with Crippen molar-refractivity contribution in [2.45, 2.75) is 6.92 Å². The van der Waals surface area contributed by atoms with Crippen molar-refractivity contribution in [2.75, 3.05) is 29.2 Å². The Hall–Kier alpha value is -2.64. The molecule has 1 aliphatic rings. The van der Waals surface area contributed by atoms with E-state index in [1.54, 1.807) is 24.3 Å². The Morgan fingerprint density at radius 1 is 1.11 bits per heavy atom. The Labute approximate surface area is 168 Å². The number of amides is 2. The minimum atomic E-state index is -0.144. The van der Waals surface area contributed by atoms with Gasteiger partial charge in [-0.3, -0.25) is 14.5 Å². The summed E-state index contributed by atoms with van der Waals surface area (Å²) in [6.07, 6.45) is 1.85. The van der Waals surface area contributed by atoms with Crippen LogP contribution in [0.1, 0.15) is 12.5 Å². The zero-order chi connectivity index (χ0) is 19.6. The zero-order valence-corrected chi connectivity index (χ0v) is 16.9. The largest absolute Gasteiger partial charge is 0.378 e. The van der Waals surface area contributed by atoms with Crippen molar-refractivity contribution in [3.05, 3.63) is 59.0 Å². The third kappa shape index (κ3) is 4.37. The molecule has 1 N–H and O–H groups in total. The molecule has 1 heterocycles. The first-order chi connectivity index (χ1) is 12.8. The van der Waals surface area contributed by atoms with Crippen LogP contribution in [0.25, 0.3) is 6.08 Å². The van der Waals surface area contributed by atoms with Crippen LogP contribution < -0.4 is 15.1 Å². The molecule has 0 aliphatic carbocycles. The smallest absolute Gasteiger partial charge is 0.270 e. The number of hydrogen-bond donors (Lipinski definition) is 1. The van der Waals surface area contributed by atoms with Gasteiger partial charge in [0.1, 0.15) is 0 Å². The van der Waals surface area contributed by atoms with Crippen LogP contribution in [-0.2, 0) is 9.59 Å². The van der Waals surface area contributed by atoms with Crippen molar-refractivity contribution in [2.24, 2.45) is 0 Å². The molecule has 1 fully saturated rings. The first-order valence-electron chi connectivity index (χ1n) is 8.28. The van der Waals surface area contributed by atoms with Gasteiger partial charge in [-0.05, 0) is 48.0 Å². The van der Waals surface area contributed by atoms with Gasteiger partial charge >= 0.3 is 0 Å². The Kier molecular flexibility index (Phi) is 5.62. The van der Waals surface area contributed by atoms with Crippen LogP contribution in [0, 0.1) is 0 Å². The predicted octanol–water partition coefficient (Wildman–Crippen LogP) is 4.12. The second-order valence-corrected chi connectivity index (χ2v) is 7.91. The van der Waals surface area contributed by atoms with Gasteiger partial charge in [0.05, 0.1) is 10.6 Å². The first kappa shape index (κ1) is 19.1. The molecule has 1 saturated heterocycles. The molecule has 1 aliphatic heterocycles. The second-order valence-electron chi connectivity index (χ2n) is 6.23. The predicted molar refractivity (Wildman–Crippen MR) is 117 cm³/mol. The lowest BCUT2D eigenvalue weighted by molar-refractivity contribution is -0.114. The number of carbonyl (C=O) groups excluding carboxylic acids is 2. The van der Waals surface area contributed by atoms with Crippen molar-refractivity contribution in [3.63, 3.8) is 0 Å². The van der Waals surface area contributed by atoms with Crippen molar-refractivity contribution < 1.29 is 9.59 Å². The Balaban J connectivity index is 1.81. The van der Waals surface area contributed by atoms with Crippen LogP contribution in [0.15, 0.2) is 53.4 Å². The van der Waals surface area contributed by atoms with E-state index in [1.165, 1.54) is 23.6 Å². The van der Waals surface area contributed by atoms with Crippen molar-refractivity contribution in [1.82, 2.24) is 0 Å². The fourth-order valence-corrected chi connectivity index (χ4v) is 3.91. The molecule has 0 unspecified atom stereocenters. The average Bonchev–Trinajstić information content (AvgIpc) is 2.89. The van der Waals surface area contributed by atoms with Gasteiger partial charge in [0.15, 0.2) is 4.32 Å². The Morgan fingerprint density at radius 2 is 1.74 bits per heavy atom. The summed E-state index contributed by atoms with van der Waals surface area (Å²) in [5.41, 5.74) is 3.40. The molecule has 3 rings (SSSR count). The first-order valence-corrected chi connectivity index (χ1v) is 9.50. The minimum Gasteiger partial charge on any atom is -0.378 e. The summed E-state index contributed by atoms with van der Waals surface area (Å²) in [4.78, 5) is 28.1. The number of thioether (sulfide) groups is 1. The lowest BCUT2D eigenvalue weighted by Crippen LogP contribution is -2.27. The van der Waals surface area contributed by atoms with Gasteiger partial charge in [0, 0.05) is 32.4 Å². The number of hydrogen-bond acceptors (Lipinski definition) is 5. The molecule has 2 aromatic carbocycles.